The Labute approximate surface area is 660 Å². The van der Waals surface area contributed by atoms with Crippen molar-refractivity contribution in [1.29, 1.82) is 0 Å². The molecular formula is C100H78N10S2. The third-order valence-electron chi connectivity index (χ3n) is 20.3. The van der Waals surface area contributed by atoms with Gasteiger partial charge in [0, 0.05) is 118 Å². The number of nitrogens with zero attached hydrogens (tertiary/aromatic N) is 10. The Kier molecular flexibility index (Phi) is 20.5. The molecule has 0 aliphatic carbocycles. The third kappa shape index (κ3) is 15.0. The molecule has 12 heteroatoms. The van der Waals surface area contributed by atoms with Crippen LogP contribution in [0.5, 0.6) is 0 Å². The molecule has 540 valence electrons. The number of imidazole rings is 2. The van der Waals surface area contributed by atoms with Gasteiger partial charge >= 0.3 is 0 Å². The van der Waals surface area contributed by atoms with Crippen LogP contribution in [0.3, 0.4) is 0 Å². The Morgan fingerprint density at radius 1 is 0.223 bits per heavy atom. The Morgan fingerprint density at radius 3 is 0.884 bits per heavy atom. The maximum absolute atomic E-state index is 4.98. The number of fused-ring (bicyclic) bond motifs is 6. The standard InChI is InChI=1S/C30H23N3.C26H21N3.C24H18N2S.C20H16N2S/c1-32(28-17-9-11-22-10-5-6-14-26(22)28)24-20-18-23(19-21-24)30-31-27-15-7-8-16-29(27)33(30)25-12-3-2-4-13-25;1-28(21-10-4-2-5-11-21)22-18-16-20(17-19-22)26-27-24-14-8-9-15-25(24)29(26)23-12-6-3-7-13-23;1-26(22-11-6-8-17-7-2-3-9-20(17)22)19-15-13-18(14-16-19)24-25-21-10-4-5-12-23(21)27-24;1-22(16-7-3-2-4-8-16)17-13-11-15(12-14-17)20-21-18-9-5-6-10-19(18)23-20/h2-21H,1H3;2-19H,1H3;2-16H,1H3;2-14H,1H3. The molecule has 4 heterocycles. The lowest BCUT2D eigenvalue weighted by atomic mass is 10.1. The van der Waals surface area contributed by atoms with Crippen LogP contribution in [0.25, 0.3) is 119 Å². The summed E-state index contributed by atoms with van der Waals surface area (Å²) in [5, 5.41) is 7.15. The smallest absolute Gasteiger partial charge is 0.145 e. The molecule has 4 aromatic heterocycles. The summed E-state index contributed by atoms with van der Waals surface area (Å²) in [6.07, 6.45) is 0. The van der Waals surface area contributed by atoms with Crippen LogP contribution in [0.1, 0.15) is 0 Å². The minimum absolute atomic E-state index is 0.946. The van der Waals surface area contributed by atoms with Gasteiger partial charge in [-0.25, -0.2) is 19.9 Å². The lowest BCUT2D eigenvalue weighted by molar-refractivity contribution is 1.10. The summed E-state index contributed by atoms with van der Waals surface area (Å²) in [4.78, 5) is 28.3. The number of hydrogen-bond donors (Lipinski definition) is 0. The molecule has 0 radical (unpaired) electrons. The van der Waals surface area contributed by atoms with Gasteiger partial charge in [0.05, 0.1) is 42.5 Å². The highest BCUT2D eigenvalue weighted by Gasteiger charge is 2.19. The summed E-state index contributed by atoms with van der Waals surface area (Å²) in [5.74, 6) is 1.90. The number of hydrogen-bond acceptors (Lipinski definition) is 10. The fourth-order valence-corrected chi connectivity index (χ4v) is 16.3. The fraction of sp³-hybridized carbons (Fsp3) is 0.0400. The normalized spacial score (nSPS) is 11.0. The average molecular weight is 1480 g/mol. The molecule has 0 aliphatic heterocycles. The molecule has 0 N–H and O–H groups in total. The van der Waals surface area contributed by atoms with Crippen molar-refractivity contribution in [2.45, 2.75) is 0 Å². The molecule has 16 aromatic carbocycles. The fourth-order valence-electron chi connectivity index (χ4n) is 14.3. The molecule has 0 spiro atoms. The van der Waals surface area contributed by atoms with E-state index in [1.54, 1.807) is 22.7 Å². The van der Waals surface area contributed by atoms with Crippen LogP contribution in [0, 0.1) is 0 Å². The van der Waals surface area contributed by atoms with E-state index in [0.717, 1.165) is 111 Å². The van der Waals surface area contributed by atoms with Gasteiger partial charge in [-0.2, -0.15) is 0 Å². The van der Waals surface area contributed by atoms with Gasteiger partial charge in [0.15, 0.2) is 0 Å². The number of thiazole rings is 2. The molecule has 112 heavy (non-hydrogen) atoms. The van der Waals surface area contributed by atoms with E-state index >= 15 is 0 Å². The Bertz CT molecular complexity index is 6490. The topological polar surface area (TPSA) is 74.4 Å². The second-order valence-corrected chi connectivity index (χ2v) is 29.3. The van der Waals surface area contributed by atoms with Crippen LogP contribution in [0.15, 0.2) is 400 Å². The summed E-state index contributed by atoms with van der Waals surface area (Å²) >= 11 is 3.47. The van der Waals surface area contributed by atoms with Gasteiger partial charge < -0.3 is 19.6 Å². The molecule has 0 aliphatic rings. The highest BCUT2D eigenvalue weighted by molar-refractivity contribution is 7.22. The van der Waals surface area contributed by atoms with E-state index < -0.39 is 0 Å². The summed E-state index contributed by atoms with van der Waals surface area (Å²) in [6.45, 7) is 0. The SMILES string of the molecule is CN(c1ccc(-c2nc3ccccc3n2-c2ccccc2)cc1)c1cccc2ccccc12.CN(c1ccc(-c2nc3ccccc3s2)cc1)c1cccc2ccccc12.CN(c1ccccc1)c1ccc(-c2nc3ccccc3n2-c2ccccc2)cc1.CN(c1ccccc1)c1ccc(-c2nc3ccccc3s2)cc1. The van der Waals surface area contributed by atoms with Gasteiger partial charge in [-0.1, -0.05) is 194 Å². The van der Waals surface area contributed by atoms with Crippen molar-refractivity contribution in [3.05, 3.63) is 400 Å². The Balaban J connectivity index is 0.000000109. The van der Waals surface area contributed by atoms with E-state index in [1.165, 1.54) is 53.7 Å². The quantitative estimate of drug-likeness (QED) is 0.107. The summed E-state index contributed by atoms with van der Waals surface area (Å²) < 4.78 is 6.92. The van der Waals surface area contributed by atoms with Crippen LogP contribution >= 0.6 is 22.7 Å². The zero-order valence-electron chi connectivity index (χ0n) is 62.4. The van der Waals surface area contributed by atoms with E-state index in [4.69, 9.17) is 19.9 Å². The summed E-state index contributed by atoms with van der Waals surface area (Å²) in [5.41, 5.74) is 22.4. The van der Waals surface area contributed by atoms with E-state index in [1.807, 2.05) is 48.5 Å². The summed E-state index contributed by atoms with van der Waals surface area (Å²) in [6, 6.07) is 139. The zero-order valence-corrected chi connectivity index (χ0v) is 64.0. The van der Waals surface area contributed by atoms with Gasteiger partial charge in [0.2, 0.25) is 0 Å². The van der Waals surface area contributed by atoms with Crippen molar-refractivity contribution in [3.8, 4) is 55.3 Å². The second kappa shape index (κ2) is 32.4. The van der Waals surface area contributed by atoms with Gasteiger partial charge in [-0.15, -0.1) is 22.7 Å². The molecule has 10 nitrogen and oxygen atoms in total. The number of rotatable bonds is 14. The Morgan fingerprint density at radius 2 is 0.509 bits per heavy atom. The number of anilines is 8. The van der Waals surface area contributed by atoms with Crippen LogP contribution in [-0.2, 0) is 0 Å². The molecule has 0 unspecified atom stereocenters. The van der Waals surface area contributed by atoms with E-state index in [0.29, 0.717) is 0 Å². The molecule has 0 fully saturated rings. The van der Waals surface area contributed by atoms with Crippen molar-refractivity contribution in [1.82, 2.24) is 29.1 Å². The molecule has 20 rings (SSSR count). The third-order valence-corrected chi connectivity index (χ3v) is 22.5. The van der Waals surface area contributed by atoms with Gasteiger partial charge in [-0.3, -0.25) is 9.13 Å². The molecule has 0 atom stereocenters. The van der Waals surface area contributed by atoms with Crippen molar-refractivity contribution in [2.24, 2.45) is 0 Å². The van der Waals surface area contributed by atoms with Crippen molar-refractivity contribution in [3.63, 3.8) is 0 Å². The Hall–Kier alpha value is -14.0. The summed E-state index contributed by atoms with van der Waals surface area (Å²) in [7, 11) is 8.41. The average Bonchev–Trinajstić information content (AvgIpc) is 1.62. The minimum atomic E-state index is 0.946. The highest BCUT2D eigenvalue weighted by atomic mass is 32.1. The van der Waals surface area contributed by atoms with Crippen molar-refractivity contribution in [2.75, 3.05) is 47.8 Å². The lowest BCUT2D eigenvalue weighted by Crippen LogP contribution is -2.09. The first-order chi connectivity index (χ1) is 55.2. The number of aromatic nitrogens is 6. The van der Waals surface area contributed by atoms with Crippen molar-refractivity contribution < 1.29 is 0 Å². The lowest BCUT2D eigenvalue weighted by Gasteiger charge is -2.22. The molecular weight excluding hydrogens is 1410 g/mol. The maximum Gasteiger partial charge on any atom is 0.145 e. The molecule has 0 saturated carbocycles. The van der Waals surface area contributed by atoms with E-state index in [9.17, 15) is 0 Å². The van der Waals surface area contributed by atoms with Gasteiger partial charge in [0.1, 0.15) is 21.7 Å². The predicted molar refractivity (Wildman–Crippen MR) is 476 cm³/mol. The molecule has 20 aromatic rings. The zero-order chi connectivity index (χ0) is 75.7. The first-order valence-corrected chi connectivity index (χ1v) is 39.0. The second-order valence-electron chi connectivity index (χ2n) is 27.3. The van der Waals surface area contributed by atoms with Crippen LogP contribution in [-0.4, -0.2) is 57.3 Å². The van der Waals surface area contributed by atoms with Gasteiger partial charge in [0.25, 0.3) is 0 Å². The van der Waals surface area contributed by atoms with E-state index in [-0.39, 0.29) is 0 Å². The number of para-hydroxylation sites is 10. The van der Waals surface area contributed by atoms with Gasteiger partial charge in [-0.05, 0) is 217 Å². The molecule has 0 bridgehead atoms. The monoisotopic (exact) mass is 1480 g/mol. The minimum Gasteiger partial charge on any atom is -0.345 e. The first kappa shape index (κ1) is 70.9. The highest BCUT2D eigenvalue weighted by Crippen LogP contribution is 2.39. The van der Waals surface area contributed by atoms with Crippen LogP contribution in [0.2, 0.25) is 0 Å². The number of benzene rings is 16. The predicted octanol–water partition coefficient (Wildman–Crippen LogP) is 26.7. The van der Waals surface area contributed by atoms with Crippen LogP contribution < -0.4 is 19.6 Å². The van der Waals surface area contributed by atoms with Crippen LogP contribution in [0.4, 0.5) is 45.5 Å². The van der Waals surface area contributed by atoms with E-state index in [2.05, 4.69) is 409 Å². The maximum atomic E-state index is 4.98. The molecule has 0 amide bonds. The molecule has 0 saturated heterocycles. The van der Waals surface area contributed by atoms with Crippen molar-refractivity contribution >= 4 is 132 Å². The first-order valence-electron chi connectivity index (χ1n) is 37.4. The largest absolute Gasteiger partial charge is 0.345 e.